The van der Waals surface area contributed by atoms with Crippen molar-refractivity contribution in [2.45, 2.75) is 6.92 Å². The smallest absolute Gasteiger partial charge is 0.265 e. The summed E-state index contributed by atoms with van der Waals surface area (Å²) in [5, 5.41) is 0. The minimum absolute atomic E-state index is 0.0855. The van der Waals surface area contributed by atoms with E-state index in [-0.39, 0.29) is 5.91 Å². The molecular formula is C20H19NO3S2. The molecule has 0 aliphatic carbocycles. The number of carbonyl (C=O) groups is 1. The number of thiocarbonyl (C=S) groups is 1. The van der Waals surface area contributed by atoms with Crippen LogP contribution in [0.25, 0.3) is 6.08 Å². The molecule has 0 N–H and O–H groups in total. The lowest BCUT2D eigenvalue weighted by Gasteiger charge is -2.12. The van der Waals surface area contributed by atoms with E-state index in [1.54, 1.807) is 7.05 Å². The highest BCUT2D eigenvalue weighted by molar-refractivity contribution is 8.26. The molecule has 1 fully saturated rings. The summed E-state index contributed by atoms with van der Waals surface area (Å²) in [5.41, 5.74) is 1.94. The first-order chi connectivity index (χ1) is 12.6. The second kappa shape index (κ2) is 8.38. The molecule has 4 nitrogen and oxygen atoms in total. The zero-order valence-electron chi connectivity index (χ0n) is 14.6. The van der Waals surface area contributed by atoms with Gasteiger partial charge in [0.15, 0.2) is 0 Å². The van der Waals surface area contributed by atoms with Crippen LogP contribution in [-0.4, -0.2) is 35.4 Å². The Labute approximate surface area is 162 Å². The lowest BCUT2D eigenvalue weighted by Crippen LogP contribution is -2.22. The molecule has 0 spiro atoms. The summed E-state index contributed by atoms with van der Waals surface area (Å²) in [5.74, 6) is 1.48. The van der Waals surface area contributed by atoms with Gasteiger partial charge in [0.1, 0.15) is 29.0 Å². The van der Waals surface area contributed by atoms with Gasteiger partial charge in [0.2, 0.25) is 0 Å². The van der Waals surface area contributed by atoms with E-state index in [1.165, 1.54) is 16.7 Å². The van der Waals surface area contributed by atoms with E-state index in [1.807, 2.05) is 61.5 Å². The summed E-state index contributed by atoms with van der Waals surface area (Å²) < 4.78 is 12.2. The highest BCUT2D eigenvalue weighted by atomic mass is 32.2. The third-order valence-electron chi connectivity index (χ3n) is 3.88. The summed E-state index contributed by atoms with van der Waals surface area (Å²) >= 11 is 6.47. The molecule has 26 heavy (non-hydrogen) atoms. The summed E-state index contributed by atoms with van der Waals surface area (Å²) in [6.07, 6.45) is 1.82. The molecule has 6 heteroatoms. The molecule has 0 saturated carbocycles. The molecule has 0 bridgehead atoms. The summed E-state index contributed by atoms with van der Waals surface area (Å²) in [7, 11) is 1.68. The lowest BCUT2D eigenvalue weighted by molar-refractivity contribution is -0.121. The maximum Gasteiger partial charge on any atom is 0.265 e. The highest BCUT2D eigenvalue weighted by Crippen LogP contribution is 2.33. The van der Waals surface area contributed by atoms with Crippen molar-refractivity contribution in [1.29, 1.82) is 0 Å². The van der Waals surface area contributed by atoms with E-state index in [0.717, 1.165) is 16.9 Å². The van der Waals surface area contributed by atoms with Crippen LogP contribution in [0.4, 0.5) is 0 Å². The summed E-state index contributed by atoms with van der Waals surface area (Å²) in [4.78, 5) is 14.2. The van der Waals surface area contributed by atoms with Gasteiger partial charge in [-0.15, -0.1) is 0 Å². The third kappa shape index (κ3) is 4.26. The Morgan fingerprint density at radius 2 is 1.65 bits per heavy atom. The van der Waals surface area contributed by atoms with Crippen molar-refractivity contribution in [3.8, 4) is 11.5 Å². The van der Waals surface area contributed by atoms with Crippen molar-refractivity contribution in [2.75, 3.05) is 20.3 Å². The highest BCUT2D eigenvalue weighted by Gasteiger charge is 2.28. The maximum absolute atomic E-state index is 12.2. The van der Waals surface area contributed by atoms with Crippen LogP contribution < -0.4 is 9.47 Å². The molecule has 2 aromatic rings. The Kier molecular flexibility index (Phi) is 5.96. The van der Waals surface area contributed by atoms with Gasteiger partial charge in [-0.25, -0.2) is 0 Å². The number of benzene rings is 2. The molecule has 2 aromatic carbocycles. The van der Waals surface area contributed by atoms with E-state index in [9.17, 15) is 4.79 Å². The summed E-state index contributed by atoms with van der Waals surface area (Å²) in [6, 6.07) is 15.5. The average Bonchev–Trinajstić information content (AvgIpc) is 2.88. The molecule has 0 unspecified atom stereocenters. The van der Waals surface area contributed by atoms with Gasteiger partial charge in [0, 0.05) is 12.6 Å². The van der Waals surface area contributed by atoms with Crippen molar-refractivity contribution in [2.24, 2.45) is 0 Å². The Morgan fingerprint density at radius 3 is 2.31 bits per heavy atom. The zero-order chi connectivity index (χ0) is 18.5. The quantitative estimate of drug-likeness (QED) is 0.421. The summed E-state index contributed by atoms with van der Waals surface area (Å²) in [6.45, 7) is 2.86. The number of likely N-dealkylation sites (N-methyl/N-ethyl adjacent to an activating group) is 1. The minimum Gasteiger partial charge on any atom is -0.490 e. The van der Waals surface area contributed by atoms with Gasteiger partial charge >= 0.3 is 0 Å². The van der Waals surface area contributed by atoms with Gasteiger partial charge < -0.3 is 9.47 Å². The minimum atomic E-state index is -0.0855. The van der Waals surface area contributed by atoms with Crippen LogP contribution in [0, 0.1) is 6.92 Å². The first-order valence-electron chi connectivity index (χ1n) is 8.18. The van der Waals surface area contributed by atoms with E-state index < -0.39 is 0 Å². The number of nitrogens with zero attached hydrogens (tertiary/aromatic N) is 1. The fourth-order valence-electron chi connectivity index (χ4n) is 2.44. The van der Waals surface area contributed by atoms with Crippen LogP contribution in [0.2, 0.25) is 0 Å². The SMILES string of the molecule is Cc1ccccc1OCCOc1ccccc1C=C1SC(=S)N(C)C1=O. The first-order valence-corrected chi connectivity index (χ1v) is 9.40. The van der Waals surface area contributed by atoms with Crippen molar-refractivity contribution in [3.63, 3.8) is 0 Å². The number of rotatable bonds is 6. The average molecular weight is 386 g/mol. The van der Waals surface area contributed by atoms with Crippen molar-refractivity contribution in [1.82, 2.24) is 4.90 Å². The Balaban J connectivity index is 1.64. The number of hydrogen-bond acceptors (Lipinski definition) is 5. The molecule has 1 saturated heterocycles. The number of thioether (sulfide) groups is 1. The van der Waals surface area contributed by atoms with Gasteiger partial charge in [-0.3, -0.25) is 9.69 Å². The molecule has 3 rings (SSSR count). The van der Waals surface area contributed by atoms with Crippen molar-refractivity contribution < 1.29 is 14.3 Å². The van der Waals surface area contributed by atoms with Crippen molar-refractivity contribution >= 4 is 40.3 Å². The van der Waals surface area contributed by atoms with E-state index in [2.05, 4.69) is 0 Å². The Bertz CT molecular complexity index is 864. The number of carbonyl (C=O) groups excluding carboxylic acids is 1. The van der Waals surface area contributed by atoms with Crippen LogP contribution in [-0.2, 0) is 4.79 Å². The second-order valence-corrected chi connectivity index (χ2v) is 7.42. The van der Waals surface area contributed by atoms with Gasteiger partial charge in [-0.05, 0) is 30.7 Å². The zero-order valence-corrected chi connectivity index (χ0v) is 16.2. The molecule has 1 heterocycles. The van der Waals surface area contributed by atoms with Crippen LogP contribution in [0.15, 0.2) is 53.4 Å². The van der Waals surface area contributed by atoms with Crippen LogP contribution >= 0.6 is 24.0 Å². The Hall–Kier alpha value is -2.31. The monoisotopic (exact) mass is 385 g/mol. The molecule has 0 aromatic heterocycles. The van der Waals surface area contributed by atoms with Gasteiger partial charge in [0.05, 0.1) is 4.91 Å². The predicted octanol–water partition coefficient (Wildman–Crippen LogP) is 4.28. The molecule has 134 valence electrons. The molecule has 0 radical (unpaired) electrons. The topological polar surface area (TPSA) is 38.8 Å². The fourth-order valence-corrected chi connectivity index (χ4v) is 3.61. The normalized spacial score (nSPS) is 15.6. The number of ether oxygens (including phenoxy) is 2. The van der Waals surface area contributed by atoms with E-state index in [0.29, 0.717) is 28.2 Å². The molecule has 1 aliphatic heterocycles. The maximum atomic E-state index is 12.2. The van der Waals surface area contributed by atoms with Crippen LogP contribution in [0.3, 0.4) is 0 Å². The largest absolute Gasteiger partial charge is 0.490 e. The standard InChI is InChI=1S/C20H19NO3S2/c1-14-7-3-5-9-16(14)23-11-12-24-17-10-6-4-8-15(17)13-18-19(22)21(2)20(25)26-18/h3-10,13H,11-12H2,1-2H3. The lowest BCUT2D eigenvalue weighted by atomic mass is 10.2. The number of amides is 1. The number of aryl methyl sites for hydroxylation is 1. The number of hydrogen-bond donors (Lipinski definition) is 0. The Morgan fingerprint density at radius 1 is 1.04 bits per heavy atom. The van der Waals surface area contributed by atoms with Crippen LogP contribution in [0.1, 0.15) is 11.1 Å². The van der Waals surface area contributed by atoms with E-state index >= 15 is 0 Å². The van der Waals surface area contributed by atoms with Crippen LogP contribution in [0.5, 0.6) is 11.5 Å². The predicted molar refractivity (Wildman–Crippen MR) is 110 cm³/mol. The van der Waals surface area contributed by atoms with Gasteiger partial charge in [-0.1, -0.05) is 60.4 Å². The molecule has 0 atom stereocenters. The van der Waals surface area contributed by atoms with E-state index in [4.69, 9.17) is 21.7 Å². The fraction of sp³-hybridized carbons (Fsp3) is 0.200. The first kappa shape index (κ1) is 18.5. The molecular weight excluding hydrogens is 366 g/mol. The number of para-hydroxylation sites is 2. The second-order valence-electron chi connectivity index (χ2n) is 5.74. The van der Waals surface area contributed by atoms with Gasteiger partial charge in [0.25, 0.3) is 5.91 Å². The third-order valence-corrected chi connectivity index (χ3v) is 5.37. The van der Waals surface area contributed by atoms with Gasteiger partial charge in [-0.2, -0.15) is 0 Å². The van der Waals surface area contributed by atoms with Crippen molar-refractivity contribution in [3.05, 3.63) is 64.6 Å². The molecule has 1 aliphatic rings. The molecule has 1 amide bonds.